The fraction of sp³-hybridized carbons (Fsp3) is 0.118. The molecule has 4 rings (SSSR count). The van der Waals surface area contributed by atoms with Gasteiger partial charge in [0.25, 0.3) is 0 Å². The summed E-state index contributed by atoms with van der Waals surface area (Å²) in [5.74, 6) is 0. The topological polar surface area (TPSA) is 15.6 Å². The second kappa shape index (κ2) is 4.09. The quantitative estimate of drug-likeness (QED) is 0.740. The molecule has 0 amide bonds. The Morgan fingerprint density at radius 1 is 1.16 bits per heavy atom. The highest BCUT2D eigenvalue weighted by Crippen LogP contribution is 2.30. The molecule has 19 heavy (non-hydrogen) atoms. The van der Waals surface area contributed by atoms with Gasteiger partial charge in [-0.1, -0.05) is 30.4 Å². The first-order chi connectivity index (χ1) is 9.40. The van der Waals surface area contributed by atoms with Gasteiger partial charge in [0, 0.05) is 24.9 Å². The van der Waals surface area contributed by atoms with E-state index >= 15 is 0 Å². The van der Waals surface area contributed by atoms with Gasteiger partial charge in [-0.15, -0.1) is 0 Å². The SMILES string of the molecule is C1=CCN2C=CC(C3=Nc4ccccc4C3)=CC2=C1. The van der Waals surface area contributed by atoms with Crippen molar-refractivity contribution in [1.29, 1.82) is 0 Å². The van der Waals surface area contributed by atoms with Gasteiger partial charge in [0.05, 0.1) is 11.4 Å². The molecule has 0 saturated heterocycles. The molecule has 1 aromatic rings. The van der Waals surface area contributed by atoms with Crippen molar-refractivity contribution in [2.45, 2.75) is 6.42 Å². The lowest BCUT2D eigenvalue weighted by molar-refractivity contribution is 0.522. The molecule has 0 N–H and O–H groups in total. The Balaban J connectivity index is 1.69. The van der Waals surface area contributed by atoms with E-state index in [1.807, 2.05) is 6.07 Å². The van der Waals surface area contributed by atoms with Crippen molar-refractivity contribution in [3.63, 3.8) is 0 Å². The third-order valence-corrected chi connectivity index (χ3v) is 3.71. The maximum atomic E-state index is 4.75. The average molecular weight is 246 g/mol. The molecule has 3 aliphatic heterocycles. The molecular weight excluding hydrogens is 232 g/mol. The van der Waals surface area contributed by atoms with Gasteiger partial charge >= 0.3 is 0 Å². The van der Waals surface area contributed by atoms with Crippen molar-refractivity contribution in [3.05, 3.63) is 77.7 Å². The largest absolute Gasteiger partial charge is 0.344 e. The first-order valence-electron chi connectivity index (χ1n) is 6.59. The Morgan fingerprint density at radius 3 is 3.05 bits per heavy atom. The molecule has 2 nitrogen and oxygen atoms in total. The van der Waals surface area contributed by atoms with Gasteiger partial charge in [-0.2, -0.15) is 0 Å². The number of para-hydroxylation sites is 1. The number of allylic oxidation sites excluding steroid dienone is 5. The fourth-order valence-corrected chi connectivity index (χ4v) is 2.68. The third-order valence-electron chi connectivity index (χ3n) is 3.71. The molecular formula is C17H14N2. The van der Waals surface area contributed by atoms with Crippen LogP contribution < -0.4 is 0 Å². The molecule has 0 spiro atoms. The van der Waals surface area contributed by atoms with Crippen LogP contribution in [0.3, 0.4) is 0 Å². The number of rotatable bonds is 1. The summed E-state index contributed by atoms with van der Waals surface area (Å²) < 4.78 is 0. The Morgan fingerprint density at radius 2 is 2.11 bits per heavy atom. The third kappa shape index (κ3) is 1.76. The highest BCUT2D eigenvalue weighted by Gasteiger charge is 2.19. The smallest absolute Gasteiger partial charge is 0.0669 e. The standard InChI is InChI=1S/C17H14N2/c1-2-7-16-13(5-1)12-17(18-16)14-8-10-19-9-4-3-6-15(19)11-14/h1-8,10-11H,9,12H2. The van der Waals surface area contributed by atoms with Crippen LogP contribution in [0.2, 0.25) is 0 Å². The molecule has 0 atom stereocenters. The van der Waals surface area contributed by atoms with Gasteiger partial charge in [0.15, 0.2) is 0 Å². The van der Waals surface area contributed by atoms with Gasteiger partial charge < -0.3 is 4.90 Å². The minimum absolute atomic E-state index is 0.940. The predicted octanol–water partition coefficient (Wildman–Crippen LogP) is 3.52. The summed E-state index contributed by atoms with van der Waals surface area (Å²) in [5.41, 5.74) is 6.10. The fourth-order valence-electron chi connectivity index (χ4n) is 2.68. The zero-order valence-corrected chi connectivity index (χ0v) is 10.6. The van der Waals surface area contributed by atoms with E-state index in [2.05, 4.69) is 59.7 Å². The lowest BCUT2D eigenvalue weighted by Crippen LogP contribution is -2.21. The van der Waals surface area contributed by atoms with E-state index in [0.717, 1.165) is 18.7 Å². The number of hydrogen-bond acceptors (Lipinski definition) is 2. The summed E-state index contributed by atoms with van der Waals surface area (Å²) in [4.78, 5) is 6.99. The summed E-state index contributed by atoms with van der Waals surface area (Å²) in [6.45, 7) is 0.957. The molecule has 3 aliphatic rings. The molecule has 0 unspecified atom stereocenters. The van der Waals surface area contributed by atoms with Gasteiger partial charge in [-0.25, -0.2) is 0 Å². The van der Waals surface area contributed by atoms with Crippen molar-refractivity contribution >= 4 is 11.4 Å². The molecule has 1 aromatic carbocycles. The van der Waals surface area contributed by atoms with Gasteiger partial charge in [0.2, 0.25) is 0 Å². The van der Waals surface area contributed by atoms with Crippen LogP contribution in [0.4, 0.5) is 5.69 Å². The van der Waals surface area contributed by atoms with Gasteiger partial charge in [0.1, 0.15) is 0 Å². The van der Waals surface area contributed by atoms with Crippen LogP contribution in [0.1, 0.15) is 5.56 Å². The van der Waals surface area contributed by atoms with Crippen molar-refractivity contribution in [3.8, 4) is 0 Å². The normalized spacial score (nSPS) is 19.6. The maximum Gasteiger partial charge on any atom is 0.0669 e. The zero-order chi connectivity index (χ0) is 12.7. The molecule has 0 aromatic heterocycles. The van der Waals surface area contributed by atoms with Crippen molar-refractivity contribution in [2.75, 3.05) is 6.54 Å². The molecule has 3 heterocycles. The van der Waals surface area contributed by atoms with E-state index in [1.165, 1.54) is 22.5 Å². The average Bonchev–Trinajstić information content (AvgIpc) is 2.90. The molecule has 0 saturated carbocycles. The second-order valence-corrected chi connectivity index (χ2v) is 4.95. The Labute approximate surface area is 112 Å². The first-order valence-corrected chi connectivity index (χ1v) is 6.59. The van der Waals surface area contributed by atoms with Crippen molar-refractivity contribution in [1.82, 2.24) is 4.90 Å². The van der Waals surface area contributed by atoms with Crippen molar-refractivity contribution in [2.24, 2.45) is 4.99 Å². The highest BCUT2D eigenvalue weighted by atomic mass is 15.1. The van der Waals surface area contributed by atoms with E-state index in [0.29, 0.717) is 0 Å². The minimum Gasteiger partial charge on any atom is -0.344 e. The van der Waals surface area contributed by atoms with Gasteiger partial charge in [-0.05, 0) is 35.4 Å². The molecule has 0 fully saturated rings. The van der Waals surface area contributed by atoms with Crippen LogP contribution in [0.25, 0.3) is 0 Å². The molecule has 92 valence electrons. The van der Waals surface area contributed by atoms with Crippen molar-refractivity contribution < 1.29 is 0 Å². The van der Waals surface area contributed by atoms with Crippen LogP contribution in [-0.2, 0) is 6.42 Å². The summed E-state index contributed by atoms with van der Waals surface area (Å²) >= 11 is 0. The first kappa shape index (κ1) is 10.6. The summed E-state index contributed by atoms with van der Waals surface area (Å²) in [6, 6.07) is 8.38. The van der Waals surface area contributed by atoms with Crippen LogP contribution >= 0.6 is 0 Å². The maximum absolute atomic E-state index is 4.75. The van der Waals surface area contributed by atoms with E-state index in [-0.39, 0.29) is 0 Å². The van der Waals surface area contributed by atoms with E-state index in [9.17, 15) is 0 Å². The lowest BCUT2D eigenvalue weighted by Gasteiger charge is -2.26. The molecule has 2 heteroatoms. The summed E-state index contributed by atoms with van der Waals surface area (Å²) in [5, 5.41) is 0. The number of fused-ring (bicyclic) bond motifs is 2. The summed E-state index contributed by atoms with van der Waals surface area (Å²) in [6.07, 6.45) is 13.9. The van der Waals surface area contributed by atoms with E-state index in [4.69, 9.17) is 4.99 Å². The number of nitrogens with zero attached hydrogens (tertiary/aromatic N) is 2. The number of benzene rings is 1. The van der Waals surface area contributed by atoms with E-state index < -0.39 is 0 Å². The number of aliphatic imine (C=N–C) groups is 1. The van der Waals surface area contributed by atoms with Crippen LogP contribution in [0.15, 0.2) is 77.1 Å². The monoisotopic (exact) mass is 246 g/mol. The zero-order valence-electron chi connectivity index (χ0n) is 10.6. The second-order valence-electron chi connectivity index (χ2n) is 4.95. The lowest BCUT2D eigenvalue weighted by atomic mass is 10.0. The van der Waals surface area contributed by atoms with Crippen LogP contribution in [0, 0.1) is 0 Å². The Bertz CT molecular complexity index is 687. The van der Waals surface area contributed by atoms with Crippen LogP contribution in [-0.4, -0.2) is 17.2 Å². The summed E-state index contributed by atoms with van der Waals surface area (Å²) in [7, 11) is 0. The molecule has 0 aliphatic carbocycles. The van der Waals surface area contributed by atoms with Crippen LogP contribution in [0.5, 0.6) is 0 Å². The number of hydrogen-bond donors (Lipinski definition) is 0. The molecule has 0 radical (unpaired) electrons. The predicted molar refractivity (Wildman–Crippen MR) is 78.4 cm³/mol. The Hall–Kier alpha value is -2.35. The Kier molecular flexibility index (Phi) is 2.27. The minimum atomic E-state index is 0.940. The van der Waals surface area contributed by atoms with E-state index in [1.54, 1.807) is 0 Å². The van der Waals surface area contributed by atoms with Gasteiger partial charge in [-0.3, -0.25) is 4.99 Å². The highest BCUT2D eigenvalue weighted by molar-refractivity contribution is 6.08. The molecule has 0 bridgehead atoms.